The van der Waals surface area contributed by atoms with E-state index < -0.39 is 0 Å². The van der Waals surface area contributed by atoms with Crippen LogP contribution in [0.5, 0.6) is 0 Å². The van der Waals surface area contributed by atoms with Gasteiger partial charge in [0.1, 0.15) is 11.9 Å². The number of rotatable bonds is 2. The van der Waals surface area contributed by atoms with Gasteiger partial charge in [0, 0.05) is 12.7 Å². The van der Waals surface area contributed by atoms with Gasteiger partial charge in [-0.2, -0.15) is 5.26 Å². The van der Waals surface area contributed by atoms with Crippen molar-refractivity contribution in [2.45, 2.75) is 13.8 Å². The van der Waals surface area contributed by atoms with Crippen molar-refractivity contribution in [2.75, 3.05) is 11.9 Å². The van der Waals surface area contributed by atoms with Crippen LogP contribution in [0.3, 0.4) is 0 Å². The summed E-state index contributed by atoms with van der Waals surface area (Å²) in [6, 6.07) is 3.95. The second-order valence-corrected chi connectivity index (χ2v) is 2.53. The van der Waals surface area contributed by atoms with Crippen LogP contribution in [0, 0.1) is 18.3 Å². The van der Waals surface area contributed by atoms with E-state index >= 15 is 0 Å². The molecule has 1 rings (SSSR count). The zero-order chi connectivity index (χ0) is 8.97. The van der Waals surface area contributed by atoms with Crippen molar-refractivity contribution >= 4 is 5.82 Å². The molecule has 0 atom stereocenters. The number of pyridine rings is 1. The lowest BCUT2D eigenvalue weighted by atomic mass is 10.2. The van der Waals surface area contributed by atoms with E-state index in [0.717, 1.165) is 17.9 Å². The number of nitriles is 1. The van der Waals surface area contributed by atoms with Crippen molar-refractivity contribution < 1.29 is 0 Å². The van der Waals surface area contributed by atoms with E-state index in [0.29, 0.717) is 5.56 Å². The van der Waals surface area contributed by atoms with Gasteiger partial charge in [-0.05, 0) is 25.5 Å². The molecule has 3 heteroatoms. The van der Waals surface area contributed by atoms with Gasteiger partial charge >= 0.3 is 0 Å². The summed E-state index contributed by atoms with van der Waals surface area (Å²) in [6.45, 7) is 4.76. The van der Waals surface area contributed by atoms with Gasteiger partial charge in [-0.25, -0.2) is 4.98 Å². The van der Waals surface area contributed by atoms with E-state index in [9.17, 15) is 0 Å². The summed E-state index contributed by atoms with van der Waals surface area (Å²) in [5, 5.41) is 11.7. The molecule has 62 valence electrons. The largest absolute Gasteiger partial charge is 0.370 e. The van der Waals surface area contributed by atoms with Gasteiger partial charge < -0.3 is 5.32 Å². The maximum Gasteiger partial charge on any atom is 0.126 e. The number of hydrogen-bond acceptors (Lipinski definition) is 3. The highest BCUT2D eigenvalue weighted by Gasteiger charge is 1.98. The molecule has 0 aromatic carbocycles. The molecule has 1 N–H and O–H groups in total. The molecule has 1 aromatic heterocycles. The third-order valence-electron chi connectivity index (χ3n) is 1.59. The van der Waals surface area contributed by atoms with E-state index in [2.05, 4.69) is 16.4 Å². The average molecular weight is 161 g/mol. The number of nitrogens with one attached hydrogen (secondary N) is 1. The Kier molecular flexibility index (Phi) is 2.65. The van der Waals surface area contributed by atoms with Crippen LogP contribution < -0.4 is 5.32 Å². The topological polar surface area (TPSA) is 48.7 Å². The second kappa shape index (κ2) is 3.72. The van der Waals surface area contributed by atoms with E-state index in [4.69, 9.17) is 5.26 Å². The molecular formula is C9H11N3. The molecule has 0 saturated heterocycles. The van der Waals surface area contributed by atoms with Gasteiger partial charge in [0.25, 0.3) is 0 Å². The first kappa shape index (κ1) is 8.54. The predicted octanol–water partition coefficient (Wildman–Crippen LogP) is 1.69. The van der Waals surface area contributed by atoms with Gasteiger partial charge in [-0.1, -0.05) is 0 Å². The minimum atomic E-state index is 0.636. The maximum atomic E-state index is 8.63. The molecule has 0 fully saturated rings. The standard InChI is InChI=1S/C9H11N3/c1-3-11-9-4-7(2)8(5-10)6-12-9/h4,6H,3H2,1-2H3,(H,11,12). The van der Waals surface area contributed by atoms with Crippen molar-refractivity contribution in [3.05, 3.63) is 23.4 Å². The Bertz CT molecular complexity index is 312. The summed E-state index contributed by atoms with van der Waals surface area (Å²) in [6.07, 6.45) is 1.59. The monoisotopic (exact) mass is 161 g/mol. The summed E-state index contributed by atoms with van der Waals surface area (Å²) < 4.78 is 0. The predicted molar refractivity (Wildman–Crippen MR) is 47.9 cm³/mol. The Morgan fingerprint density at radius 1 is 1.67 bits per heavy atom. The van der Waals surface area contributed by atoms with E-state index in [-0.39, 0.29) is 0 Å². The fraction of sp³-hybridized carbons (Fsp3) is 0.333. The van der Waals surface area contributed by atoms with Crippen LogP contribution in [-0.4, -0.2) is 11.5 Å². The summed E-state index contributed by atoms with van der Waals surface area (Å²) in [7, 11) is 0. The molecule has 1 heterocycles. The number of hydrogen-bond donors (Lipinski definition) is 1. The maximum absolute atomic E-state index is 8.63. The lowest BCUT2D eigenvalue weighted by Gasteiger charge is -2.02. The first-order chi connectivity index (χ1) is 5.77. The normalized spacial score (nSPS) is 9.08. The van der Waals surface area contributed by atoms with Crippen LogP contribution in [0.25, 0.3) is 0 Å². The SMILES string of the molecule is CCNc1cc(C)c(C#N)cn1. The lowest BCUT2D eigenvalue weighted by molar-refractivity contribution is 1.14. The molecule has 0 amide bonds. The highest BCUT2D eigenvalue weighted by atomic mass is 15.0. The van der Waals surface area contributed by atoms with Gasteiger partial charge in [-0.15, -0.1) is 0 Å². The summed E-state index contributed by atoms with van der Waals surface area (Å²) in [5.74, 6) is 0.828. The van der Waals surface area contributed by atoms with E-state index in [1.54, 1.807) is 6.20 Å². The number of nitrogens with zero attached hydrogens (tertiary/aromatic N) is 2. The van der Waals surface area contributed by atoms with Crippen LogP contribution in [0.4, 0.5) is 5.82 Å². The van der Waals surface area contributed by atoms with Crippen molar-refractivity contribution in [1.82, 2.24) is 4.98 Å². The zero-order valence-electron chi connectivity index (χ0n) is 7.26. The number of aromatic nitrogens is 1. The zero-order valence-corrected chi connectivity index (χ0v) is 7.26. The van der Waals surface area contributed by atoms with Crippen molar-refractivity contribution in [1.29, 1.82) is 5.26 Å². The first-order valence-electron chi connectivity index (χ1n) is 3.88. The minimum Gasteiger partial charge on any atom is -0.370 e. The lowest BCUT2D eigenvalue weighted by Crippen LogP contribution is -1.99. The van der Waals surface area contributed by atoms with Gasteiger partial charge in [0.15, 0.2) is 0 Å². The first-order valence-corrected chi connectivity index (χ1v) is 3.88. The molecule has 0 radical (unpaired) electrons. The molecule has 0 aliphatic heterocycles. The van der Waals surface area contributed by atoms with Crippen LogP contribution in [-0.2, 0) is 0 Å². The Morgan fingerprint density at radius 2 is 2.42 bits per heavy atom. The van der Waals surface area contributed by atoms with Crippen LogP contribution in [0.2, 0.25) is 0 Å². The average Bonchev–Trinajstić information content (AvgIpc) is 2.05. The van der Waals surface area contributed by atoms with Crippen molar-refractivity contribution in [3.63, 3.8) is 0 Å². The fourth-order valence-corrected chi connectivity index (χ4v) is 0.951. The summed E-state index contributed by atoms with van der Waals surface area (Å²) in [4.78, 5) is 4.07. The minimum absolute atomic E-state index is 0.636. The molecule has 3 nitrogen and oxygen atoms in total. The smallest absolute Gasteiger partial charge is 0.126 e. The van der Waals surface area contributed by atoms with Gasteiger partial charge in [0.2, 0.25) is 0 Å². The van der Waals surface area contributed by atoms with Gasteiger partial charge in [-0.3, -0.25) is 0 Å². The molecular weight excluding hydrogens is 150 g/mol. The Hall–Kier alpha value is -1.56. The quantitative estimate of drug-likeness (QED) is 0.718. The van der Waals surface area contributed by atoms with Crippen molar-refractivity contribution in [2.24, 2.45) is 0 Å². The Morgan fingerprint density at radius 3 is 2.92 bits per heavy atom. The molecule has 12 heavy (non-hydrogen) atoms. The molecule has 0 unspecified atom stereocenters. The molecule has 0 aliphatic rings. The van der Waals surface area contributed by atoms with E-state index in [1.165, 1.54) is 0 Å². The molecule has 0 saturated carbocycles. The van der Waals surface area contributed by atoms with Crippen LogP contribution >= 0.6 is 0 Å². The molecule has 0 spiro atoms. The second-order valence-electron chi connectivity index (χ2n) is 2.53. The van der Waals surface area contributed by atoms with Crippen LogP contribution in [0.15, 0.2) is 12.3 Å². The number of aryl methyl sites for hydroxylation is 1. The van der Waals surface area contributed by atoms with Gasteiger partial charge in [0.05, 0.1) is 5.56 Å². The molecule has 0 aliphatic carbocycles. The van der Waals surface area contributed by atoms with E-state index in [1.807, 2.05) is 19.9 Å². The third kappa shape index (κ3) is 1.73. The molecule has 1 aromatic rings. The fourth-order valence-electron chi connectivity index (χ4n) is 0.951. The molecule has 0 bridgehead atoms. The third-order valence-corrected chi connectivity index (χ3v) is 1.59. The highest BCUT2D eigenvalue weighted by Crippen LogP contribution is 2.09. The summed E-state index contributed by atoms with van der Waals surface area (Å²) in [5.41, 5.74) is 1.60. The van der Waals surface area contributed by atoms with Crippen LogP contribution in [0.1, 0.15) is 18.1 Å². The Balaban J connectivity index is 2.96. The Labute approximate surface area is 72.1 Å². The summed E-state index contributed by atoms with van der Waals surface area (Å²) >= 11 is 0. The highest BCUT2D eigenvalue weighted by molar-refractivity contribution is 5.44. The number of anilines is 1. The van der Waals surface area contributed by atoms with Crippen molar-refractivity contribution in [3.8, 4) is 6.07 Å².